The van der Waals surface area contributed by atoms with Gasteiger partial charge in [0.05, 0.1) is 29.8 Å². The predicted molar refractivity (Wildman–Crippen MR) is 126 cm³/mol. The standard InChI is InChI=1S/C23H33BrN2O5S/c1-3-10-25(14-8-6-5-7-9-14)21(29)19-23-13-15(24)18(32-23)16(22(30)31-4-2)17(23)20(28)26(19)11-12-27/h3,14-19,27H,1,4-13H2,2H3/t15?,16-,17-,18-,19?,23?/m0/s1. The van der Waals surface area contributed by atoms with Crippen LogP contribution >= 0.6 is 27.7 Å². The van der Waals surface area contributed by atoms with E-state index < -0.39 is 22.6 Å². The van der Waals surface area contributed by atoms with Crippen LogP contribution in [0.2, 0.25) is 0 Å². The third kappa shape index (κ3) is 3.72. The molecule has 3 unspecified atom stereocenters. The third-order valence-electron chi connectivity index (χ3n) is 7.55. The molecule has 1 N–H and O–H groups in total. The smallest absolute Gasteiger partial charge is 0.310 e. The molecule has 3 saturated heterocycles. The molecule has 2 bridgehead atoms. The van der Waals surface area contributed by atoms with Crippen molar-refractivity contribution in [3.05, 3.63) is 12.7 Å². The predicted octanol–water partition coefficient (Wildman–Crippen LogP) is 2.35. The molecule has 1 saturated carbocycles. The SMILES string of the molecule is C=CCN(C(=O)C1N(CCO)C(=O)[C@@H]2[C@H](C(=O)OCC)[C@H]3SC12CC3Br)C1CCCCC1. The van der Waals surface area contributed by atoms with Crippen LogP contribution in [0.5, 0.6) is 0 Å². The summed E-state index contributed by atoms with van der Waals surface area (Å²) in [4.78, 5) is 44.2. The molecule has 0 aromatic carbocycles. The number of hydrogen-bond donors (Lipinski definition) is 1. The Bertz CT molecular complexity index is 775. The zero-order chi connectivity index (χ0) is 23.0. The minimum Gasteiger partial charge on any atom is -0.466 e. The molecule has 32 heavy (non-hydrogen) atoms. The summed E-state index contributed by atoms with van der Waals surface area (Å²) >= 11 is 5.34. The van der Waals surface area contributed by atoms with Gasteiger partial charge in [-0.15, -0.1) is 18.3 Å². The van der Waals surface area contributed by atoms with Crippen molar-refractivity contribution >= 4 is 45.5 Å². The monoisotopic (exact) mass is 528 g/mol. The summed E-state index contributed by atoms with van der Waals surface area (Å²) < 4.78 is 4.66. The number of β-amino-alcohol motifs (C(OH)–C–C–N with tert-alkyl or cyclic N) is 1. The Kier molecular flexibility index (Phi) is 7.27. The van der Waals surface area contributed by atoms with Crippen molar-refractivity contribution in [2.75, 3.05) is 26.3 Å². The molecule has 4 rings (SSSR count). The van der Waals surface area contributed by atoms with E-state index >= 15 is 0 Å². The van der Waals surface area contributed by atoms with Crippen LogP contribution in [0.3, 0.4) is 0 Å². The number of ether oxygens (including phenoxy) is 1. The van der Waals surface area contributed by atoms with Crippen molar-refractivity contribution in [2.45, 2.75) is 72.4 Å². The number of halogens is 1. The maximum atomic E-state index is 14.2. The molecule has 0 aromatic heterocycles. The molecular formula is C23H33BrN2O5S. The lowest BCUT2D eigenvalue weighted by atomic mass is 9.71. The van der Waals surface area contributed by atoms with Crippen molar-refractivity contribution < 1.29 is 24.2 Å². The van der Waals surface area contributed by atoms with Crippen LogP contribution in [0.25, 0.3) is 0 Å². The fourth-order valence-corrected chi connectivity index (χ4v) is 9.97. The summed E-state index contributed by atoms with van der Waals surface area (Å²) in [5, 5.41) is 9.63. The number of rotatable bonds is 8. The Morgan fingerprint density at radius 2 is 2.09 bits per heavy atom. The van der Waals surface area contributed by atoms with Gasteiger partial charge in [-0.05, 0) is 26.2 Å². The van der Waals surface area contributed by atoms with Crippen molar-refractivity contribution in [2.24, 2.45) is 11.8 Å². The fraction of sp³-hybridized carbons (Fsp3) is 0.783. The number of amides is 2. The largest absolute Gasteiger partial charge is 0.466 e. The first-order chi connectivity index (χ1) is 15.4. The lowest BCUT2D eigenvalue weighted by Gasteiger charge is -2.41. The van der Waals surface area contributed by atoms with Gasteiger partial charge in [0.1, 0.15) is 6.04 Å². The Labute approximate surface area is 202 Å². The number of aliphatic hydroxyl groups is 1. The number of carbonyl (C=O) groups excluding carboxylic acids is 3. The van der Waals surface area contributed by atoms with E-state index in [1.807, 2.05) is 4.90 Å². The maximum absolute atomic E-state index is 14.2. The van der Waals surface area contributed by atoms with Crippen molar-refractivity contribution in [3.63, 3.8) is 0 Å². The second-order valence-corrected chi connectivity index (χ2v) is 12.0. The summed E-state index contributed by atoms with van der Waals surface area (Å²) in [6.45, 7) is 6.19. The average molecular weight is 529 g/mol. The molecule has 3 aliphatic heterocycles. The van der Waals surface area contributed by atoms with Gasteiger partial charge in [-0.2, -0.15) is 0 Å². The molecule has 2 amide bonds. The van der Waals surface area contributed by atoms with Gasteiger partial charge in [0.15, 0.2) is 0 Å². The molecule has 6 atom stereocenters. The number of esters is 1. The minimum atomic E-state index is -0.691. The average Bonchev–Trinajstić information content (AvgIpc) is 3.36. The van der Waals surface area contributed by atoms with E-state index in [1.54, 1.807) is 29.7 Å². The molecule has 0 aromatic rings. The number of thioether (sulfide) groups is 1. The molecule has 178 valence electrons. The van der Waals surface area contributed by atoms with E-state index in [0.717, 1.165) is 25.7 Å². The molecule has 7 nitrogen and oxygen atoms in total. The first kappa shape index (κ1) is 24.1. The van der Waals surface area contributed by atoms with Crippen molar-refractivity contribution in [1.82, 2.24) is 9.80 Å². The zero-order valence-corrected chi connectivity index (χ0v) is 21.0. The van der Waals surface area contributed by atoms with Crippen molar-refractivity contribution in [3.8, 4) is 0 Å². The summed E-state index contributed by atoms with van der Waals surface area (Å²) in [6, 6.07) is -0.552. The van der Waals surface area contributed by atoms with Crippen LogP contribution in [-0.4, -0.2) is 85.9 Å². The van der Waals surface area contributed by atoms with Gasteiger partial charge in [0.2, 0.25) is 11.8 Å². The van der Waals surface area contributed by atoms with E-state index in [1.165, 1.54) is 6.42 Å². The van der Waals surface area contributed by atoms with Gasteiger partial charge in [-0.25, -0.2) is 0 Å². The number of nitrogens with zero attached hydrogens (tertiary/aromatic N) is 2. The Hall–Kier alpha value is -1.06. The van der Waals surface area contributed by atoms with E-state index in [0.29, 0.717) is 13.0 Å². The van der Waals surface area contributed by atoms with E-state index in [2.05, 4.69) is 22.5 Å². The molecule has 1 spiro atoms. The minimum absolute atomic E-state index is 0.0258. The van der Waals surface area contributed by atoms with E-state index in [9.17, 15) is 19.5 Å². The summed E-state index contributed by atoms with van der Waals surface area (Å²) in [5.41, 5.74) is 0. The lowest BCUT2D eigenvalue weighted by Crippen LogP contribution is -2.57. The number of aliphatic hydroxyl groups excluding tert-OH is 1. The second kappa shape index (κ2) is 9.66. The third-order valence-corrected chi connectivity index (χ3v) is 10.8. The van der Waals surface area contributed by atoms with E-state index in [4.69, 9.17) is 4.74 Å². The highest BCUT2D eigenvalue weighted by atomic mass is 79.9. The number of hydrogen-bond acceptors (Lipinski definition) is 6. The molecule has 3 heterocycles. The molecule has 1 aliphatic carbocycles. The lowest BCUT2D eigenvalue weighted by molar-refractivity contribution is -0.153. The Morgan fingerprint density at radius 3 is 2.72 bits per heavy atom. The highest BCUT2D eigenvalue weighted by molar-refractivity contribution is 9.09. The topological polar surface area (TPSA) is 87.2 Å². The first-order valence-electron chi connectivity index (χ1n) is 11.7. The zero-order valence-electron chi connectivity index (χ0n) is 18.6. The number of carbonyl (C=O) groups is 3. The second-order valence-electron chi connectivity index (χ2n) is 9.24. The van der Waals surface area contributed by atoms with Crippen LogP contribution in [-0.2, 0) is 19.1 Å². The van der Waals surface area contributed by atoms with Crippen LogP contribution < -0.4 is 0 Å². The highest BCUT2D eigenvalue weighted by Gasteiger charge is 2.76. The van der Waals surface area contributed by atoms with Crippen LogP contribution in [0.4, 0.5) is 0 Å². The summed E-state index contributed by atoms with van der Waals surface area (Å²) in [7, 11) is 0. The van der Waals surface area contributed by atoms with Crippen LogP contribution in [0.15, 0.2) is 12.7 Å². The van der Waals surface area contributed by atoms with E-state index in [-0.39, 0.29) is 53.7 Å². The van der Waals surface area contributed by atoms with Crippen LogP contribution in [0, 0.1) is 11.8 Å². The fourth-order valence-electron chi connectivity index (χ4n) is 6.37. The molecule has 4 fully saturated rings. The number of alkyl halides is 1. The normalized spacial score (nSPS) is 36.3. The molecule has 0 radical (unpaired) electrons. The molecular weight excluding hydrogens is 496 g/mol. The van der Waals surface area contributed by atoms with Gasteiger partial charge in [0, 0.05) is 29.2 Å². The number of fused-ring (bicyclic) bond motifs is 1. The Morgan fingerprint density at radius 1 is 1.38 bits per heavy atom. The van der Waals surface area contributed by atoms with Gasteiger partial charge in [0.25, 0.3) is 0 Å². The number of likely N-dealkylation sites (tertiary alicyclic amines) is 1. The molecule has 9 heteroatoms. The van der Waals surface area contributed by atoms with Gasteiger partial charge in [-0.1, -0.05) is 41.3 Å². The van der Waals surface area contributed by atoms with Gasteiger partial charge >= 0.3 is 5.97 Å². The van der Waals surface area contributed by atoms with Crippen molar-refractivity contribution in [1.29, 1.82) is 0 Å². The Balaban J connectivity index is 1.73. The molecule has 4 aliphatic rings. The highest BCUT2D eigenvalue weighted by Crippen LogP contribution is 2.68. The first-order valence-corrected chi connectivity index (χ1v) is 13.5. The quantitative estimate of drug-likeness (QED) is 0.295. The van der Waals surface area contributed by atoms with Crippen LogP contribution in [0.1, 0.15) is 45.4 Å². The van der Waals surface area contributed by atoms with Gasteiger partial charge in [-0.3, -0.25) is 14.4 Å². The summed E-state index contributed by atoms with van der Waals surface area (Å²) in [6.07, 6.45) is 7.67. The summed E-state index contributed by atoms with van der Waals surface area (Å²) in [5.74, 6) is -1.80. The maximum Gasteiger partial charge on any atom is 0.310 e. The van der Waals surface area contributed by atoms with Gasteiger partial charge < -0.3 is 19.6 Å².